The molecule has 0 radical (unpaired) electrons. The normalized spacial score (nSPS) is 23.5. The number of ketones is 1. The van der Waals surface area contributed by atoms with E-state index in [2.05, 4.69) is 0 Å². The second-order valence-corrected chi connectivity index (χ2v) is 3.97. The van der Waals surface area contributed by atoms with E-state index in [0.29, 0.717) is 5.56 Å². The van der Waals surface area contributed by atoms with Gasteiger partial charge < -0.3 is 5.11 Å². The van der Waals surface area contributed by atoms with Gasteiger partial charge in [0.25, 0.3) is 0 Å². The molecule has 15 heavy (non-hydrogen) atoms. The SMILES string of the molecule is CC(=O)c1ccc([C@H]2C[C@H]2C(=O)O)cc1. The molecule has 0 aromatic heterocycles. The van der Waals surface area contributed by atoms with Crippen LogP contribution in [0.5, 0.6) is 0 Å². The zero-order chi connectivity index (χ0) is 11.0. The minimum absolute atomic E-state index is 0.0344. The zero-order valence-corrected chi connectivity index (χ0v) is 8.43. The smallest absolute Gasteiger partial charge is 0.307 e. The first kappa shape index (κ1) is 9.90. The molecule has 1 aliphatic carbocycles. The van der Waals surface area contributed by atoms with Gasteiger partial charge in [-0.05, 0) is 24.8 Å². The third-order valence-electron chi connectivity index (χ3n) is 2.85. The Morgan fingerprint density at radius 2 is 1.87 bits per heavy atom. The Kier molecular flexibility index (Phi) is 2.31. The van der Waals surface area contributed by atoms with Gasteiger partial charge in [-0.2, -0.15) is 0 Å². The third-order valence-corrected chi connectivity index (χ3v) is 2.85. The van der Waals surface area contributed by atoms with Crippen LogP contribution in [0.4, 0.5) is 0 Å². The molecule has 1 aromatic carbocycles. The molecule has 2 rings (SSSR count). The van der Waals surface area contributed by atoms with Crippen LogP contribution < -0.4 is 0 Å². The quantitative estimate of drug-likeness (QED) is 0.767. The molecule has 0 amide bonds. The molecule has 1 fully saturated rings. The van der Waals surface area contributed by atoms with Crippen molar-refractivity contribution in [1.29, 1.82) is 0 Å². The minimum Gasteiger partial charge on any atom is -0.481 e. The summed E-state index contributed by atoms with van der Waals surface area (Å²) in [6.07, 6.45) is 0.717. The van der Waals surface area contributed by atoms with E-state index in [1.165, 1.54) is 6.92 Å². The van der Waals surface area contributed by atoms with E-state index in [0.717, 1.165) is 12.0 Å². The molecule has 2 atom stereocenters. The van der Waals surface area contributed by atoms with Gasteiger partial charge in [0.15, 0.2) is 5.78 Å². The zero-order valence-electron chi connectivity index (χ0n) is 8.43. The maximum absolute atomic E-state index is 11.0. The molecule has 1 aromatic rings. The summed E-state index contributed by atoms with van der Waals surface area (Å²) >= 11 is 0. The van der Waals surface area contributed by atoms with Crippen LogP contribution in [0.25, 0.3) is 0 Å². The van der Waals surface area contributed by atoms with Gasteiger partial charge in [-0.3, -0.25) is 9.59 Å². The predicted molar refractivity (Wildman–Crippen MR) is 54.9 cm³/mol. The van der Waals surface area contributed by atoms with Crippen LogP contribution in [0.15, 0.2) is 24.3 Å². The molecule has 1 N–H and O–H groups in total. The van der Waals surface area contributed by atoms with E-state index in [1.807, 2.05) is 12.1 Å². The van der Waals surface area contributed by atoms with Gasteiger partial charge in [0, 0.05) is 5.56 Å². The van der Waals surface area contributed by atoms with Crippen LogP contribution in [0.3, 0.4) is 0 Å². The molecule has 0 spiro atoms. The fourth-order valence-corrected chi connectivity index (χ4v) is 1.80. The van der Waals surface area contributed by atoms with Crippen molar-refractivity contribution in [2.45, 2.75) is 19.3 Å². The Bertz CT molecular complexity index is 405. The van der Waals surface area contributed by atoms with Crippen LogP contribution >= 0.6 is 0 Å². The molecular formula is C12H12O3. The summed E-state index contributed by atoms with van der Waals surface area (Å²) in [5, 5.41) is 8.77. The number of carboxylic acids is 1. The van der Waals surface area contributed by atoms with E-state index in [1.54, 1.807) is 12.1 Å². The molecular weight excluding hydrogens is 192 g/mol. The summed E-state index contributed by atoms with van der Waals surface area (Å²) < 4.78 is 0. The number of carbonyl (C=O) groups is 2. The van der Waals surface area contributed by atoms with Crippen molar-refractivity contribution >= 4 is 11.8 Å². The number of aliphatic carboxylic acids is 1. The van der Waals surface area contributed by atoms with Crippen LogP contribution in [-0.4, -0.2) is 16.9 Å². The Labute approximate surface area is 87.7 Å². The number of carboxylic acid groups (broad SMARTS) is 1. The average Bonchev–Trinajstić information content (AvgIpc) is 2.97. The van der Waals surface area contributed by atoms with Crippen molar-refractivity contribution in [2.24, 2.45) is 5.92 Å². The standard InChI is InChI=1S/C12H12O3/c1-7(13)8-2-4-9(5-3-8)10-6-11(10)12(14)15/h2-5,10-11H,6H2,1H3,(H,14,15)/t10-,11-/m1/s1. The Morgan fingerprint density at radius 1 is 1.27 bits per heavy atom. The lowest BCUT2D eigenvalue weighted by Crippen LogP contribution is -1.99. The number of benzene rings is 1. The van der Waals surface area contributed by atoms with Gasteiger partial charge in [-0.1, -0.05) is 24.3 Å². The van der Waals surface area contributed by atoms with E-state index >= 15 is 0 Å². The molecule has 0 saturated heterocycles. The highest BCUT2D eigenvalue weighted by atomic mass is 16.4. The molecule has 0 aliphatic heterocycles. The fraction of sp³-hybridized carbons (Fsp3) is 0.333. The lowest BCUT2D eigenvalue weighted by atomic mass is 10.1. The van der Waals surface area contributed by atoms with Gasteiger partial charge in [0.1, 0.15) is 0 Å². The first-order chi connectivity index (χ1) is 7.09. The van der Waals surface area contributed by atoms with Crippen LogP contribution in [0, 0.1) is 5.92 Å². The summed E-state index contributed by atoms with van der Waals surface area (Å²) in [6, 6.07) is 7.22. The highest BCUT2D eigenvalue weighted by molar-refractivity contribution is 5.94. The molecule has 3 heteroatoms. The summed E-state index contributed by atoms with van der Waals surface area (Å²) in [5.74, 6) is -0.778. The van der Waals surface area contributed by atoms with Gasteiger partial charge in [0.2, 0.25) is 0 Å². The molecule has 3 nitrogen and oxygen atoms in total. The van der Waals surface area contributed by atoms with Gasteiger partial charge in [-0.15, -0.1) is 0 Å². The maximum Gasteiger partial charge on any atom is 0.307 e. The molecule has 1 saturated carbocycles. The van der Waals surface area contributed by atoms with Gasteiger partial charge in [-0.25, -0.2) is 0 Å². The van der Waals surface area contributed by atoms with E-state index < -0.39 is 5.97 Å². The average molecular weight is 204 g/mol. The van der Waals surface area contributed by atoms with Crippen LogP contribution in [0.1, 0.15) is 35.2 Å². The third kappa shape index (κ3) is 1.91. The lowest BCUT2D eigenvalue weighted by Gasteiger charge is -2.00. The molecule has 0 unspecified atom stereocenters. The number of Topliss-reactive ketones (excluding diaryl/α,β-unsaturated/α-hetero) is 1. The van der Waals surface area contributed by atoms with E-state index in [9.17, 15) is 9.59 Å². The summed E-state index contributed by atoms with van der Waals surface area (Å²) in [5.41, 5.74) is 1.69. The number of carbonyl (C=O) groups excluding carboxylic acids is 1. The Morgan fingerprint density at radius 3 is 2.27 bits per heavy atom. The fourth-order valence-electron chi connectivity index (χ4n) is 1.80. The monoisotopic (exact) mass is 204 g/mol. The molecule has 78 valence electrons. The van der Waals surface area contributed by atoms with Crippen molar-refractivity contribution < 1.29 is 14.7 Å². The topological polar surface area (TPSA) is 54.4 Å². The molecule has 0 bridgehead atoms. The number of hydrogen-bond donors (Lipinski definition) is 1. The van der Waals surface area contributed by atoms with Crippen molar-refractivity contribution in [3.05, 3.63) is 35.4 Å². The first-order valence-corrected chi connectivity index (χ1v) is 4.93. The van der Waals surface area contributed by atoms with Crippen molar-refractivity contribution in [3.8, 4) is 0 Å². The van der Waals surface area contributed by atoms with Gasteiger partial charge in [0.05, 0.1) is 5.92 Å². The van der Waals surface area contributed by atoms with E-state index in [4.69, 9.17) is 5.11 Å². The number of hydrogen-bond acceptors (Lipinski definition) is 2. The van der Waals surface area contributed by atoms with Crippen LogP contribution in [0.2, 0.25) is 0 Å². The lowest BCUT2D eigenvalue weighted by molar-refractivity contribution is -0.138. The van der Waals surface area contributed by atoms with Crippen molar-refractivity contribution in [3.63, 3.8) is 0 Å². The minimum atomic E-state index is -0.726. The second kappa shape index (κ2) is 3.50. The van der Waals surface area contributed by atoms with E-state index in [-0.39, 0.29) is 17.6 Å². The molecule has 1 aliphatic rings. The second-order valence-electron chi connectivity index (χ2n) is 3.97. The van der Waals surface area contributed by atoms with Gasteiger partial charge >= 0.3 is 5.97 Å². The highest BCUT2D eigenvalue weighted by Gasteiger charge is 2.43. The molecule has 0 heterocycles. The summed E-state index contributed by atoms with van der Waals surface area (Å²) in [4.78, 5) is 21.7. The Balaban J connectivity index is 2.12. The van der Waals surface area contributed by atoms with Crippen molar-refractivity contribution in [1.82, 2.24) is 0 Å². The number of rotatable bonds is 3. The van der Waals surface area contributed by atoms with Crippen molar-refractivity contribution in [2.75, 3.05) is 0 Å². The Hall–Kier alpha value is -1.64. The van der Waals surface area contributed by atoms with Crippen LogP contribution in [-0.2, 0) is 4.79 Å². The largest absolute Gasteiger partial charge is 0.481 e. The summed E-state index contributed by atoms with van der Waals surface area (Å²) in [7, 11) is 0. The summed E-state index contributed by atoms with van der Waals surface area (Å²) in [6.45, 7) is 1.52. The first-order valence-electron chi connectivity index (χ1n) is 4.93. The predicted octanol–water partition coefficient (Wildman–Crippen LogP) is 2.08. The highest BCUT2D eigenvalue weighted by Crippen LogP contribution is 2.47. The maximum atomic E-state index is 11.0.